The molecule has 2 rings (SSSR count). The monoisotopic (exact) mass is 332 g/mol. The largest absolute Gasteiger partial charge is 0.495 e. The Bertz CT molecular complexity index is 606. The minimum absolute atomic E-state index is 0.150. The van der Waals surface area contributed by atoms with Gasteiger partial charge in [0.2, 0.25) is 5.78 Å². The molecule has 0 saturated heterocycles. The van der Waals surface area contributed by atoms with Crippen LogP contribution in [0.4, 0.5) is 0 Å². The Morgan fingerprint density at radius 2 is 2.11 bits per heavy atom. The molecular formula is C12H10BrClO4. The van der Waals surface area contributed by atoms with Gasteiger partial charge in [-0.25, -0.2) is 0 Å². The van der Waals surface area contributed by atoms with Crippen molar-refractivity contribution in [2.24, 2.45) is 0 Å². The number of Topliss-reactive ketones (excluding diaryl/α,β-unsaturated/α-hetero) is 1. The molecule has 0 aliphatic rings. The maximum Gasteiger partial charge on any atom is 0.208 e. The number of carbonyl (C=O) groups is 1. The Balaban J connectivity index is 2.71. The van der Waals surface area contributed by atoms with Crippen molar-refractivity contribution < 1.29 is 18.7 Å². The fourth-order valence-corrected chi connectivity index (χ4v) is 2.24. The third-order valence-electron chi connectivity index (χ3n) is 2.50. The van der Waals surface area contributed by atoms with Crippen LogP contribution in [-0.2, 0) is 0 Å². The summed E-state index contributed by atoms with van der Waals surface area (Å²) in [6.45, 7) is 0. The van der Waals surface area contributed by atoms with Crippen LogP contribution in [0.3, 0.4) is 0 Å². The van der Waals surface area contributed by atoms with Crippen LogP contribution in [0.15, 0.2) is 16.5 Å². The molecule has 0 unspecified atom stereocenters. The lowest BCUT2D eigenvalue weighted by Crippen LogP contribution is -1.96. The highest BCUT2D eigenvalue weighted by atomic mass is 79.9. The number of fused-ring (bicyclic) bond motifs is 1. The summed E-state index contributed by atoms with van der Waals surface area (Å²) in [6.07, 6.45) is 0. The minimum atomic E-state index is -0.150. The van der Waals surface area contributed by atoms with E-state index >= 15 is 0 Å². The van der Waals surface area contributed by atoms with Crippen LogP contribution in [0.2, 0.25) is 5.02 Å². The zero-order valence-electron chi connectivity index (χ0n) is 9.75. The van der Waals surface area contributed by atoms with Crippen LogP contribution < -0.4 is 9.47 Å². The molecule has 0 amide bonds. The summed E-state index contributed by atoms with van der Waals surface area (Å²) in [4.78, 5) is 11.6. The van der Waals surface area contributed by atoms with Gasteiger partial charge in [0.1, 0.15) is 16.4 Å². The standard InChI is InChI=1S/C12H10BrClO4/c1-16-10-4-8-6(12(17-2)11(10)14)3-9(18-8)7(15)5-13/h3-4H,5H2,1-2H3. The molecule has 1 aromatic heterocycles. The molecule has 96 valence electrons. The topological polar surface area (TPSA) is 48.7 Å². The van der Waals surface area contributed by atoms with Crippen molar-refractivity contribution in [2.45, 2.75) is 0 Å². The molecule has 4 nitrogen and oxygen atoms in total. The van der Waals surface area contributed by atoms with Crippen molar-refractivity contribution in [3.05, 3.63) is 22.9 Å². The Morgan fingerprint density at radius 3 is 2.67 bits per heavy atom. The first-order valence-corrected chi connectivity index (χ1v) is 6.55. The van der Waals surface area contributed by atoms with Crippen molar-refractivity contribution in [1.29, 1.82) is 0 Å². The molecule has 1 aromatic carbocycles. The van der Waals surface area contributed by atoms with Crippen molar-refractivity contribution in [2.75, 3.05) is 19.5 Å². The number of hydrogen-bond acceptors (Lipinski definition) is 4. The van der Waals surface area contributed by atoms with Gasteiger partial charge in [0.15, 0.2) is 11.5 Å². The van der Waals surface area contributed by atoms with Gasteiger partial charge in [-0.15, -0.1) is 0 Å². The number of rotatable bonds is 4. The summed E-state index contributed by atoms with van der Waals surface area (Å²) in [5.41, 5.74) is 0.498. The Labute approximate surface area is 117 Å². The molecule has 0 radical (unpaired) electrons. The average molecular weight is 334 g/mol. The molecule has 0 atom stereocenters. The van der Waals surface area contributed by atoms with E-state index in [1.54, 1.807) is 12.1 Å². The van der Waals surface area contributed by atoms with Gasteiger partial charge in [-0.3, -0.25) is 4.79 Å². The molecule has 0 saturated carbocycles. The van der Waals surface area contributed by atoms with E-state index < -0.39 is 0 Å². The maximum atomic E-state index is 11.6. The van der Waals surface area contributed by atoms with Crippen LogP contribution in [0.1, 0.15) is 10.6 Å². The van der Waals surface area contributed by atoms with Gasteiger partial charge in [0.05, 0.1) is 24.9 Å². The zero-order valence-corrected chi connectivity index (χ0v) is 12.1. The van der Waals surface area contributed by atoms with Gasteiger partial charge in [0, 0.05) is 6.07 Å². The van der Waals surface area contributed by atoms with Crippen LogP contribution in [0, 0.1) is 0 Å². The molecule has 2 aromatic rings. The van der Waals surface area contributed by atoms with E-state index in [0.717, 1.165) is 0 Å². The van der Waals surface area contributed by atoms with Gasteiger partial charge in [0.25, 0.3) is 0 Å². The lowest BCUT2D eigenvalue weighted by molar-refractivity contribution is 0.0995. The van der Waals surface area contributed by atoms with Crippen LogP contribution in [0.25, 0.3) is 11.0 Å². The number of furan rings is 1. The molecule has 0 fully saturated rings. The van der Waals surface area contributed by atoms with Crippen LogP contribution >= 0.6 is 27.5 Å². The molecule has 18 heavy (non-hydrogen) atoms. The summed E-state index contributed by atoms with van der Waals surface area (Å²) in [5.74, 6) is 0.976. The normalized spacial score (nSPS) is 10.7. The Kier molecular flexibility index (Phi) is 3.82. The molecule has 1 heterocycles. The highest BCUT2D eigenvalue weighted by Crippen LogP contribution is 2.41. The quantitative estimate of drug-likeness (QED) is 0.632. The maximum absolute atomic E-state index is 11.6. The Morgan fingerprint density at radius 1 is 1.39 bits per heavy atom. The fraction of sp³-hybridized carbons (Fsp3) is 0.250. The van der Waals surface area contributed by atoms with Crippen LogP contribution in [-0.4, -0.2) is 25.3 Å². The molecule has 0 N–H and O–H groups in total. The van der Waals surface area contributed by atoms with E-state index in [2.05, 4.69) is 15.9 Å². The third kappa shape index (κ3) is 2.08. The molecule has 0 aliphatic carbocycles. The predicted molar refractivity (Wildman–Crippen MR) is 72.5 cm³/mol. The summed E-state index contributed by atoms with van der Waals surface area (Å²) in [6, 6.07) is 3.24. The van der Waals surface area contributed by atoms with Gasteiger partial charge in [-0.05, 0) is 6.07 Å². The summed E-state index contributed by atoms with van der Waals surface area (Å²) in [5, 5.41) is 1.19. The summed E-state index contributed by atoms with van der Waals surface area (Å²) >= 11 is 9.22. The smallest absolute Gasteiger partial charge is 0.208 e. The third-order valence-corrected chi connectivity index (χ3v) is 3.37. The van der Waals surface area contributed by atoms with Crippen molar-refractivity contribution in [1.82, 2.24) is 0 Å². The number of hydrogen-bond donors (Lipinski definition) is 0. The predicted octanol–water partition coefficient (Wildman–Crippen LogP) is 3.68. The highest BCUT2D eigenvalue weighted by Gasteiger charge is 2.19. The van der Waals surface area contributed by atoms with Gasteiger partial charge in [-0.1, -0.05) is 27.5 Å². The van der Waals surface area contributed by atoms with Crippen molar-refractivity contribution in [3.8, 4) is 11.5 Å². The SMILES string of the molecule is COc1cc2oc(C(=O)CBr)cc2c(OC)c1Cl. The highest BCUT2D eigenvalue weighted by molar-refractivity contribution is 9.09. The first-order chi connectivity index (χ1) is 8.62. The number of halogens is 2. The Hall–Kier alpha value is -1.20. The average Bonchev–Trinajstić information content (AvgIpc) is 2.80. The fourth-order valence-electron chi connectivity index (χ4n) is 1.65. The number of ketones is 1. The molecule has 0 spiro atoms. The lowest BCUT2D eigenvalue weighted by atomic mass is 10.2. The van der Waals surface area contributed by atoms with Gasteiger partial charge >= 0.3 is 0 Å². The second-order valence-electron chi connectivity index (χ2n) is 3.51. The summed E-state index contributed by atoms with van der Waals surface area (Å²) in [7, 11) is 3.00. The second kappa shape index (κ2) is 5.20. The van der Waals surface area contributed by atoms with Gasteiger partial charge in [-0.2, -0.15) is 0 Å². The van der Waals surface area contributed by atoms with E-state index in [1.165, 1.54) is 14.2 Å². The van der Waals surface area contributed by atoms with E-state index in [0.29, 0.717) is 27.5 Å². The number of benzene rings is 1. The molecule has 0 aliphatic heterocycles. The first-order valence-electron chi connectivity index (χ1n) is 5.05. The molecule has 6 heteroatoms. The molecule has 0 bridgehead atoms. The first kappa shape index (κ1) is 13.2. The van der Waals surface area contributed by atoms with Crippen molar-refractivity contribution >= 4 is 44.3 Å². The minimum Gasteiger partial charge on any atom is -0.495 e. The van der Waals surface area contributed by atoms with E-state index in [9.17, 15) is 4.79 Å². The van der Waals surface area contributed by atoms with Crippen molar-refractivity contribution in [3.63, 3.8) is 0 Å². The van der Waals surface area contributed by atoms with E-state index in [4.69, 9.17) is 25.5 Å². The number of alkyl halides is 1. The van der Waals surface area contributed by atoms with E-state index in [1.807, 2.05) is 0 Å². The number of methoxy groups -OCH3 is 2. The number of ether oxygens (including phenoxy) is 2. The summed E-state index contributed by atoms with van der Waals surface area (Å²) < 4.78 is 15.8. The zero-order chi connectivity index (χ0) is 13.3. The van der Waals surface area contributed by atoms with E-state index in [-0.39, 0.29) is 16.9 Å². The molecular weight excluding hydrogens is 323 g/mol. The second-order valence-corrected chi connectivity index (χ2v) is 4.44. The lowest BCUT2D eigenvalue weighted by Gasteiger charge is -2.08. The van der Waals surface area contributed by atoms with Gasteiger partial charge < -0.3 is 13.9 Å². The van der Waals surface area contributed by atoms with Crippen LogP contribution in [0.5, 0.6) is 11.5 Å². The number of carbonyl (C=O) groups excluding carboxylic acids is 1.